The van der Waals surface area contributed by atoms with Gasteiger partial charge in [-0.3, -0.25) is 25.8 Å². The van der Waals surface area contributed by atoms with Crippen LogP contribution in [0, 0.1) is 0 Å². The van der Waals surface area contributed by atoms with E-state index in [4.69, 9.17) is 28.6 Å². The SMILES string of the molecule is O=C(COc1ccc(Br)cc1Cl)NC(=S)NNC(=O)c1cc2ccccc2cc1O. The van der Waals surface area contributed by atoms with Crippen molar-refractivity contribution in [1.29, 1.82) is 0 Å². The molecule has 0 aliphatic carbocycles. The molecule has 154 valence electrons. The van der Waals surface area contributed by atoms with E-state index in [1.807, 2.05) is 24.3 Å². The Kier molecular flexibility index (Phi) is 7.09. The van der Waals surface area contributed by atoms with Gasteiger partial charge in [0.1, 0.15) is 11.5 Å². The lowest BCUT2D eigenvalue weighted by atomic mass is 10.1. The van der Waals surface area contributed by atoms with Crippen molar-refractivity contribution in [3.8, 4) is 11.5 Å². The van der Waals surface area contributed by atoms with Gasteiger partial charge in [-0.1, -0.05) is 51.8 Å². The van der Waals surface area contributed by atoms with E-state index in [-0.39, 0.29) is 23.0 Å². The minimum absolute atomic E-state index is 0.0588. The van der Waals surface area contributed by atoms with Gasteiger partial charge >= 0.3 is 0 Å². The largest absolute Gasteiger partial charge is 0.507 e. The molecule has 2 amide bonds. The van der Waals surface area contributed by atoms with E-state index in [1.165, 1.54) is 6.07 Å². The molecule has 4 N–H and O–H groups in total. The van der Waals surface area contributed by atoms with Gasteiger partial charge in [-0.25, -0.2) is 0 Å². The summed E-state index contributed by atoms with van der Waals surface area (Å²) >= 11 is 14.3. The summed E-state index contributed by atoms with van der Waals surface area (Å²) in [6.07, 6.45) is 0. The van der Waals surface area contributed by atoms with Crippen LogP contribution in [0.2, 0.25) is 5.02 Å². The Balaban J connectivity index is 1.51. The number of ether oxygens (including phenoxy) is 1. The number of carbonyl (C=O) groups excluding carboxylic acids is 2. The molecule has 30 heavy (non-hydrogen) atoms. The maximum Gasteiger partial charge on any atom is 0.273 e. The van der Waals surface area contributed by atoms with Gasteiger partial charge in [0.15, 0.2) is 11.7 Å². The zero-order chi connectivity index (χ0) is 21.7. The van der Waals surface area contributed by atoms with Crippen LogP contribution in [0.4, 0.5) is 0 Å². The molecule has 0 aliphatic rings. The van der Waals surface area contributed by atoms with Crippen LogP contribution in [-0.2, 0) is 4.79 Å². The summed E-state index contributed by atoms with van der Waals surface area (Å²) in [4.78, 5) is 24.3. The van der Waals surface area contributed by atoms with Gasteiger partial charge in [0.2, 0.25) is 0 Å². The normalized spacial score (nSPS) is 10.3. The van der Waals surface area contributed by atoms with Crippen LogP contribution in [0.25, 0.3) is 10.8 Å². The van der Waals surface area contributed by atoms with Gasteiger partial charge in [-0.2, -0.15) is 0 Å². The lowest BCUT2D eigenvalue weighted by Crippen LogP contribution is -2.49. The van der Waals surface area contributed by atoms with Gasteiger partial charge in [0.05, 0.1) is 10.6 Å². The molecule has 0 unspecified atom stereocenters. The van der Waals surface area contributed by atoms with E-state index >= 15 is 0 Å². The van der Waals surface area contributed by atoms with Gasteiger partial charge < -0.3 is 9.84 Å². The van der Waals surface area contributed by atoms with Gasteiger partial charge in [-0.15, -0.1) is 0 Å². The molecule has 0 aliphatic heterocycles. The molecule has 3 aromatic carbocycles. The zero-order valence-electron chi connectivity index (χ0n) is 15.2. The maximum atomic E-state index is 12.3. The zero-order valence-corrected chi connectivity index (χ0v) is 18.4. The van der Waals surface area contributed by atoms with Crippen LogP contribution >= 0.6 is 39.7 Å². The van der Waals surface area contributed by atoms with Gasteiger partial charge in [0.25, 0.3) is 11.8 Å². The van der Waals surface area contributed by atoms with Crippen LogP contribution < -0.4 is 20.9 Å². The van der Waals surface area contributed by atoms with Crippen LogP contribution in [0.5, 0.6) is 11.5 Å². The molecule has 0 saturated carbocycles. The average molecular weight is 509 g/mol. The number of thiocarbonyl (C=S) groups is 1. The minimum atomic E-state index is -0.618. The van der Waals surface area contributed by atoms with Crippen LogP contribution in [0.3, 0.4) is 0 Å². The number of rotatable bonds is 4. The molecule has 0 spiro atoms. The molecular weight excluding hydrogens is 494 g/mol. The van der Waals surface area contributed by atoms with Gasteiger partial charge in [0, 0.05) is 4.47 Å². The lowest BCUT2D eigenvalue weighted by molar-refractivity contribution is -0.121. The second kappa shape index (κ2) is 9.75. The van der Waals surface area contributed by atoms with Gasteiger partial charge in [-0.05, 0) is 53.3 Å². The van der Waals surface area contributed by atoms with E-state index in [9.17, 15) is 14.7 Å². The second-order valence-electron chi connectivity index (χ2n) is 6.04. The molecule has 7 nitrogen and oxygen atoms in total. The summed E-state index contributed by atoms with van der Waals surface area (Å²) in [7, 11) is 0. The van der Waals surface area contributed by atoms with Crippen molar-refractivity contribution in [3.05, 3.63) is 69.7 Å². The monoisotopic (exact) mass is 507 g/mol. The Labute approximate surface area is 190 Å². The molecule has 10 heteroatoms. The van der Waals surface area contributed by atoms with Crippen molar-refractivity contribution in [3.63, 3.8) is 0 Å². The summed E-state index contributed by atoms with van der Waals surface area (Å²) in [6, 6.07) is 15.3. The highest BCUT2D eigenvalue weighted by Crippen LogP contribution is 2.27. The molecule has 3 aromatic rings. The molecule has 3 rings (SSSR count). The highest BCUT2D eigenvalue weighted by Gasteiger charge is 2.14. The summed E-state index contributed by atoms with van der Waals surface area (Å²) in [5.74, 6) is -1.00. The predicted octanol–water partition coefficient (Wildman–Crippen LogP) is 3.68. The number of phenolic OH excluding ortho intramolecular Hbond substituents is 1. The Morgan fingerprint density at radius 3 is 2.47 bits per heavy atom. The third-order valence-electron chi connectivity index (χ3n) is 3.90. The first-order valence-electron chi connectivity index (χ1n) is 8.53. The average Bonchev–Trinajstić information content (AvgIpc) is 2.71. The van der Waals surface area contributed by atoms with Crippen molar-refractivity contribution in [2.75, 3.05) is 6.61 Å². The maximum absolute atomic E-state index is 12.3. The first-order chi connectivity index (χ1) is 14.3. The lowest BCUT2D eigenvalue weighted by Gasteiger charge is -2.13. The second-order valence-corrected chi connectivity index (χ2v) is 7.77. The number of benzene rings is 3. The van der Waals surface area contributed by atoms with E-state index in [1.54, 1.807) is 24.3 Å². The standard InChI is InChI=1S/C20H15BrClN3O4S/c21-13-5-6-17(15(22)9-13)29-10-18(27)23-20(30)25-24-19(28)14-7-11-3-1-2-4-12(11)8-16(14)26/h1-9,26H,10H2,(H,24,28)(H2,23,25,27,30). The first-order valence-corrected chi connectivity index (χ1v) is 10.1. The molecular formula is C20H15BrClN3O4S. The number of amides is 2. The summed E-state index contributed by atoms with van der Waals surface area (Å²) in [6.45, 7) is -0.331. The number of hydrazine groups is 1. The van der Waals surface area contributed by atoms with Crippen molar-refractivity contribution in [1.82, 2.24) is 16.2 Å². The first kappa shape index (κ1) is 21.8. The highest BCUT2D eigenvalue weighted by atomic mass is 79.9. The third-order valence-corrected chi connectivity index (χ3v) is 4.90. The fraction of sp³-hybridized carbons (Fsp3) is 0.0500. The molecule has 0 aromatic heterocycles. The number of hydrogen-bond donors (Lipinski definition) is 4. The number of phenols is 1. The van der Waals surface area contributed by atoms with Crippen molar-refractivity contribution in [2.45, 2.75) is 0 Å². The van der Waals surface area contributed by atoms with Crippen molar-refractivity contribution >= 4 is 67.4 Å². The molecule has 0 heterocycles. The Hall–Kier alpha value is -2.88. The van der Waals surface area contributed by atoms with Crippen LogP contribution in [0.1, 0.15) is 10.4 Å². The Bertz CT molecular complexity index is 1140. The van der Waals surface area contributed by atoms with E-state index in [2.05, 4.69) is 32.1 Å². The topological polar surface area (TPSA) is 99.7 Å². The number of carbonyl (C=O) groups is 2. The fourth-order valence-electron chi connectivity index (χ4n) is 2.52. The molecule has 0 fully saturated rings. The summed E-state index contributed by atoms with van der Waals surface area (Å²) in [5.41, 5.74) is 4.79. The Morgan fingerprint density at radius 2 is 1.77 bits per heavy atom. The molecule has 0 saturated heterocycles. The summed E-state index contributed by atoms with van der Waals surface area (Å²) in [5, 5.41) is 14.2. The van der Waals surface area contributed by atoms with E-state index in [0.29, 0.717) is 10.8 Å². The smallest absolute Gasteiger partial charge is 0.273 e. The minimum Gasteiger partial charge on any atom is -0.507 e. The fourth-order valence-corrected chi connectivity index (χ4v) is 3.41. The molecule has 0 atom stereocenters. The number of fused-ring (bicyclic) bond motifs is 1. The quantitative estimate of drug-likeness (QED) is 0.317. The van der Waals surface area contributed by atoms with E-state index < -0.39 is 11.8 Å². The third kappa shape index (κ3) is 5.59. The van der Waals surface area contributed by atoms with Crippen LogP contribution in [0.15, 0.2) is 59.1 Å². The predicted molar refractivity (Wildman–Crippen MR) is 122 cm³/mol. The number of halogens is 2. The number of aromatic hydroxyl groups is 1. The number of nitrogens with one attached hydrogen (secondary N) is 3. The number of hydrogen-bond acceptors (Lipinski definition) is 5. The van der Waals surface area contributed by atoms with Crippen molar-refractivity contribution < 1.29 is 19.4 Å². The molecule has 0 radical (unpaired) electrons. The van der Waals surface area contributed by atoms with Crippen molar-refractivity contribution in [2.24, 2.45) is 0 Å². The Morgan fingerprint density at radius 1 is 1.07 bits per heavy atom. The van der Waals surface area contributed by atoms with Crippen LogP contribution in [-0.4, -0.2) is 28.6 Å². The van der Waals surface area contributed by atoms with E-state index in [0.717, 1.165) is 15.2 Å². The summed E-state index contributed by atoms with van der Waals surface area (Å²) < 4.78 is 6.11. The highest BCUT2D eigenvalue weighted by molar-refractivity contribution is 9.10. The molecule has 0 bridgehead atoms.